The van der Waals surface area contributed by atoms with Gasteiger partial charge in [-0.25, -0.2) is 0 Å². The first-order valence-electron chi connectivity index (χ1n) is 6.75. The van der Waals surface area contributed by atoms with Crippen molar-refractivity contribution in [2.45, 2.75) is 26.2 Å². The van der Waals surface area contributed by atoms with Gasteiger partial charge in [-0.2, -0.15) is 0 Å². The lowest BCUT2D eigenvalue weighted by molar-refractivity contribution is -0.122. The minimum atomic E-state index is -0.110. The molecule has 0 aliphatic carbocycles. The Kier molecular flexibility index (Phi) is 4.10. The molecule has 1 aliphatic heterocycles. The molecule has 0 aromatic heterocycles. The van der Waals surface area contributed by atoms with E-state index in [0.717, 1.165) is 11.3 Å². The summed E-state index contributed by atoms with van der Waals surface area (Å²) in [6.07, 6.45) is 0.687. The quantitative estimate of drug-likeness (QED) is 0.757. The highest BCUT2D eigenvalue weighted by atomic mass is 16.3. The SMILES string of the molecule is CC(C)(CCO)CNC(=O)C1CNc2ccccc21. The number of carbonyl (C=O) groups excluding carboxylic acids is 1. The fourth-order valence-electron chi connectivity index (χ4n) is 2.36. The van der Waals surface area contributed by atoms with Crippen LogP contribution in [-0.2, 0) is 4.79 Å². The first kappa shape index (κ1) is 13.9. The second-order valence-corrected chi connectivity index (χ2v) is 5.88. The fraction of sp³-hybridized carbons (Fsp3) is 0.533. The van der Waals surface area contributed by atoms with Gasteiger partial charge in [0.25, 0.3) is 0 Å². The van der Waals surface area contributed by atoms with Crippen LogP contribution < -0.4 is 10.6 Å². The predicted molar refractivity (Wildman–Crippen MR) is 76.2 cm³/mol. The second-order valence-electron chi connectivity index (χ2n) is 5.88. The maximum atomic E-state index is 12.2. The Morgan fingerprint density at radius 1 is 1.47 bits per heavy atom. The Morgan fingerprint density at radius 2 is 2.21 bits per heavy atom. The van der Waals surface area contributed by atoms with Crippen LogP contribution in [0.25, 0.3) is 0 Å². The van der Waals surface area contributed by atoms with E-state index in [9.17, 15) is 4.79 Å². The average Bonchev–Trinajstić information content (AvgIpc) is 2.80. The lowest BCUT2D eigenvalue weighted by Gasteiger charge is -2.24. The third-order valence-electron chi connectivity index (χ3n) is 3.68. The van der Waals surface area contributed by atoms with Crippen LogP contribution in [0.1, 0.15) is 31.7 Å². The van der Waals surface area contributed by atoms with Crippen molar-refractivity contribution in [2.75, 3.05) is 25.0 Å². The van der Waals surface area contributed by atoms with Crippen molar-refractivity contribution >= 4 is 11.6 Å². The number of carbonyl (C=O) groups is 1. The van der Waals surface area contributed by atoms with Crippen molar-refractivity contribution in [3.8, 4) is 0 Å². The van der Waals surface area contributed by atoms with Crippen molar-refractivity contribution < 1.29 is 9.90 Å². The molecule has 1 atom stereocenters. The largest absolute Gasteiger partial charge is 0.396 e. The minimum Gasteiger partial charge on any atom is -0.396 e. The number of aliphatic hydroxyl groups excluding tert-OH is 1. The van der Waals surface area contributed by atoms with E-state index in [0.29, 0.717) is 19.5 Å². The van der Waals surface area contributed by atoms with E-state index in [1.54, 1.807) is 0 Å². The highest BCUT2D eigenvalue weighted by molar-refractivity contribution is 5.88. The number of para-hydroxylation sites is 1. The van der Waals surface area contributed by atoms with Crippen LogP contribution in [0, 0.1) is 5.41 Å². The summed E-state index contributed by atoms with van der Waals surface area (Å²) in [6, 6.07) is 7.93. The van der Waals surface area contributed by atoms with E-state index in [4.69, 9.17) is 5.11 Å². The molecule has 1 amide bonds. The summed E-state index contributed by atoms with van der Waals surface area (Å²) < 4.78 is 0. The zero-order valence-electron chi connectivity index (χ0n) is 11.6. The number of rotatable bonds is 5. The Hall–Kier alpha value is -1.55. The first-order valence-corrected chi connectivity index (χ1v) is 6.75. The zero-order chi connectivity index (χ0) is 13.9. The number of hydrogen-bond acceptors (Lipinski definition) is 3. The summed E-state index contributed by atoms with van der Waals surface area (Å²) in [5, 5.41) is 15.2. The van der Waals surface area contributed by atoms with Crippen molar-refractivity contribution in [2.24, 2.45) is 5.41 Å². The molecular weight excluding hydrogens is 240 g/mol. The molecule has 0 spiro atoms. The van der Waals surface area contributed by atoms with Gasteiger partial charge < -0.3 is 15.7 Å². The van der Waals surface area contributed by atoms with Gasteiger partial charge in [0.05, 0.1) is 5.92 Å². The molecule has 4 nitrogen and oxygen atoms in total. The monoisotopic (exact) mass is 262 g/mol. The van der Waals surface area contributed by atoms with Gasteiger partial charge in [-0.3, -0.25) is 4.79 Å². The average molecular weight is 262 g/mol. The lowest BCUT2D eigenvalue weighted by Crippen LogP contribution is -2.37. The van der Waals surface area contributed by atoms with Gasteiger partial charge in [-0.1, -0.05) is 32.0 Å². The molecule has 1 unspecified atom stereocenters. The molecular formula is C15H22N2O2. The summed E-state index contributed by atoms with van der Waals surface area (Å²) in [4.78, 5) is 12.2. The van der Waals surface area contributed by atoms with Crippen LogP contribution in [0.2, 0.25) is 0 Å². The molecule has 1 aliphatic rings. The Morgan fingerprint density at radius 3 is 2.95 bits per heavy atom. The summed E-state index contributed by atoms with van der Waals surface area (Å²) in [6.45, 7) is 5.49. The summed E-state index contributed by atoms with van der Waals surface area (Å²) in [5.41, 5.74) is 2.05. The third-order valence-corrected chi connectivity index (χ3v) is 3.68. The highest BCUT2D eigenvalue weighted by Gasteiger charge is 2.29. The molecule has 0 radical (unpaired) electrons. The van der Waals surface area contributed by atoms with Crippen molar-refractivity contribution in [3.63, 3.8) is 0 Å². The summed E-state index contributed by atoms with van der Waals surface area (Å²) in [7, 11) is 0. The van der Waals surface area contributed by atoms with E-state index >= 15 is 0 Å². The Bertz CT molecular complexity index is 457. The molecule has 0 saturated heterocycles. The highest BCUT2D eigenvalue weighted by Crippen LogP contribution is 2.31. The van der Waals surface area contributed by atoms with E-state index in [-0.39, 0.29) is 23.8 Å². The van der Waals surface area contributed by atoms with Gasteiger partial charge in [0.2, 0.25) is 5.91 Å². The van der Waals surface area contributed by atoms with Gasteiger partial charge in [0.1, 0.15) is 0 Å². The van der Waals surface area contributed by atoms with Gasteiger partial charge in [0, 0.05) is 25.4 Å². The Balaban J connectivity index is 1.95. The van der Waals surface area contributed by atoms with Crippen LogP contribution in [-0.4, -0.2) is 30.7 Å². The fourth-order valence-corrected chi connectivity index (χ4v) is 2.36. The maximum Gasteiger partial charge on any atom is 0.229 e. The van der Waals surface area contributed by atoms with Crippen LogP contribution >= 0.6 is 0 Å². The Labute approximate surface area is 114 Å². The topological polar surface area (TPSA) is 61.4 Å². The molecule has 2 rings (SSSR count). The normalized spacial score (nSPS) is 17.7. The van der Waals surface area contributed by atoms with E-state index in [2.05, 4.69) is 10.6 Å². The van der Waals surface area contributed by atoms with Crippen molar-refractivity contribution in [1.29, 1.82) is 0 Å². The van der Waals surface area contributed by atoms with Gasteiger partial charge in [0.15, 0.2) is 0 Å². The van der Waals surface area contributed by atoms with E-state index in [1.807, 2.05) is 38.1 Å². The summed E-state index contributed by atoms with van der Waals surface area (Å²) in [5.74, 6) is -0.0513. The standard InChI is InChI=1S/C15H22N2O2/c1-15(2,7-8-18)10-17-14(19)12-9-16-13-6-4-3-5-11(12)13/h3-6,12,16,18H,7-10H2,1-2H3,(H,17,19). The smallest absolute Gasteiger partial charge is 0.229 e. The van der Waals surface area contributed by atoms with Crippen LogP contribution in [0.15, 0.2) is 24.3 Å². The lowest BCUT2D eigenvalue weighted by atomic mass is 9.89. The van der Waals surface area contributed by atoms with Crippen LogP contribution in [0.4, 0.5) is 5.69 Å². The minimum absolute atomic E-state index is 0.0588. The summed E-state index contributed by atoms with van der Waals surface area (Å²) >= 11 is 0. The molecule has 19 heavy (non-hydrogen) atoms. The molecule has 0 saturated carbocycles. The molecule has 0 fully saturated rings. The number of anilines is 1. The number of fused-ring (bicyclic) bond motifs is 1. The van der Waals surface area contributed by atoms with Gasteiger partial charge in [-0.15, -0.1) is 0 Å². The van der Waals surface area contributed by atoms with Crippen LogP contribution in [0.3, 0.4) is 0 Å². The van der Waals surface area contributed by atoms with E-state index < -0.39 is 0 Å². The second kappa shape index (κ2) is 5.61. The number of amides is 1. The molecule has 1 aromatic rings. The molecule has 3 N–H and O–H groups in total. The van der Waals surface area contributed by atoms with Gasteiger partial charge >= 0.3 is 0 Å². The predicted octanol–water partition coefficient (Wildman–Crippen LogP) is 1.72. The molecule has 1 aromatic carbocycles. The number of nitrogens with one attached hydrogen (secondary N) is 2. The number of benzene rings is 1. The van der Waals surface area contributed by atoms with Crippen molar-refractivity contribution in [3.05, 3.63) is 29.8 Å². The zero-order valence-corrected chi connectivity index (χ0v) is 11.6. The number of aliphatic hydroxyl groups is 1. The maximum absolute atomic E-state index is 12.2. The van der Waals surface area contributed by atoms with Crippen LogP contribution in [0.5, 0.6) is 0 Å². The molecule has 104 valence electrons. The first-order chi connectivity index (χ1) is 9.03. The molecule has 1 heterocycles. The van der Waals surface area contributed by atoms with Crippen molar-refractivity contribution in [1.82, 2.24) is 5.32 Å². The van der Waals surface area contributed by atoms with E-state index in [1.165, 1.54) is 0 Å². The van der Waals surface area contributed by atoms with Gasteiger partial charge in [-0.05, 0) is 23.5 Å². The molecule has 4 heteroatoms. The number of hydrogen-bond donors (Lipinski definition) is 3. The molecule has 0 bridgehead atoms. The third kappa shape index (κ3) is 3.26.